The van der Waals surface area contributed by atoms with Gasteiger partial charge < -0.3 is 4.74 Å². The number of halogens is 5. The molecule has 0 aliphatic rings. The Bertz CT molecular complexity index is 1040. The molecule has 3 rings (SSSR count). The molecule has 0 aliphatic carbocycles. The van der Waals surface area contributed by atoms with E-state index in [1.807, 2.05) is 0 Å². The van der Waals surface area contributed by atoms with Crippen LogP contribution in [-0.2, 0) is 10.9 Å². The van der Waals surface area contributed by atoms with Crippen LogP contribution in [0.5, 0.6) is 0 Å². The highest BCUT2D eigenvalue weighted by Gasteiger charge is 2.41. The quantitative estimate of drug-likeness (QED) is 0.361. The zero-order chi connectivity index (χ0) is 20.5. The Kier molecular flexibility index (Phi) is 5.32. The zero-order valence-electron chi connectivity index (χ0n) is 14.2. The first-order valence-corrected chi connectivity index (χ1v) is 8.21. The second kappa shape index (κ2) is 7.55. The van der Waals surface area contributed by atoms with Crippen LogP contribution in [0.2, 0.25) is 5.02 Å². The van der Waals surface area contributed by atoms with Gasteiger partial charge in [-0.2, -0.15) is 22.7 Å². The molecule has 3 aromatic heterocycles. The molecule has 0 N–H and O–H groups in total. The van der Waals surface area contributed by atoms with Gasteiger partial charge in [-0.15, -0.1) is 0 Å². The van der Waals surface area contributed by atoms with Crippen LogP contribution in [0.25, 0.3) is 17.1 Å². The number of carbonyl (C=O) groups excluding carboxylic acids is 1. The van der Waals surface area contributed by atoms with Gasteiger partial charge in [0.2, 0.25) is 5.95 Å². The SMILES string of the molecule is CCOC(=O)c1cnn(-c2cccc(-c3cc(Cl)cnc3F)n2)c1C(F)(F)F. The third-order valence-electron chi connectivity index (χ3n) is 3.57. The lowest BCUT2D eigenvalue weighted by atomic mass is 10.2. The molecule has 3 aromatic rings. The van der Waals surface area contributed by atoms with Crippen LogP contribution in [0.4, 0.5) is 17.6 Å². The summed E-state index contributed by atoms with van der Waals surface area (Å²) in [4.78, 5) is 19.3. The highest BCUT2D eigenvalue weighted by Crippen LogP contribution is 2.34. The number of pyridine rings is 2. The van der Waals surface area contributed by atoms with Crippen LogP contribution in [0.3, 0.4) is 0 Å². The van der Waals surface area contributed by atoms with Crippen molar-refractivity contribution in [2.75, 3.05) is 6.61 Å². The summed E-state index contributed by atoms with van der Waals surface area (Å²) in [6, 6.07) is 5.22. The molecule has 0 aromatic carbocycles. The number of aromatic nitrogens is 4. The largest absolute Gasteiger partial charge is 0.462 e. The van der Waals surface area contributed by atoms with Crippen molar-refractivity contribution in [3.63, 3.8) is 0 Å². The second-order valence-corrected chi connectivity index (χ2v) is 5.85. The molecule has 0 saturated heterocycles. The van der Waals surface area contributed by atoms with Crippen LogP contribution in [0, 0.1) is 5.95 Å². The molecule has 11 heteroatoms. The number of hydrogen-bond donors (Lipinski definition) is 0. The summed E-state index contributed by atoms with van der Waals surface area (Å²) < 4.78 is 59.8. The monoisotopic (exact) mass is 414 g/mol. The Hall–Kier alpha value is -3.01. The maximum absolute atomic E-state index is 14.0. The number of alkyl halides is 3. The number of hydrogen-bond acceptors (Lipinski definition) is 5. The Morgan fingerprint density at radius 2 is 2.04 bits per heavy atom. The summed E-state index contributed by atoms with van der Waals surface area (Å²) >= 11 is 5.80. The number of esters is 1. The molecule has 6 nitrogen and oxygen atoms in total. The van der Waals surface area contributed by atoms with Crippen molar-refractivity contribution in [2.24, 2.45) is 0 Å². The van der Waals surface area contributed by atoms with E-state index in [1.165, 1.54) is 31.2 Å². The van der Waals surface area contributed by atoms with Crippen LogP contribution in [-0.4, -0.2) is 32.3 Å². The predicted octanol–water partition coefficient (Wildman–Crippen LogP) is 4.32. The van der Waals surface area contributed by atoms with Gasteiger partial charge in [-0.05, 0) is 25.1 Å². The first-order valence-electron chi connectivity index (χ1n) is 7.83. The van der Waals surface area contributed by atoms with Gasteiger partial charge in [-0.25, -0.2) is 19.4 Å². The third-order valence-corrected chi connectivity index (χ3v) is 3.77. The molecule has 0 saturated carbocycles. The highest BCUT2D eigenvalue weighted by molar-refractivity contribution is 6.30. The Morgan fingerprint density at radius 1 is 1.29 bits per heavy atom. The molecule has 0 unspecified atom stereocenters. The van der Waals surface area contributed by atoms with E-state index in [2.05, 4.69) is 19.8 Å². The number of rotatable bonds is 4. The number of nitrogens with zero attached hydrogens (tertiary/aromatic N) is 4. The molecule has 0 aliphatic heterocycles. The lowest BCUT2D eigenvalue weighted by Gasteiger charge is -2.12. The van der Waals surface area contributed by atoms with E-state index in [0.29, 0.717) is 4.68 Å². The average Bonchev–Trinajstić information content (AvgIpc) is 3.10. The molecule has 28 heavy (non-hydrogen) atoms. The van der Waals surface area contributed by atoms with E-state index in [1.54, 1.807) is 0 Å². The third kappa shape index (κ3) is 3.81. The van der Waals surface area contributed by atoms with Crippen molar-refractivity contribution in [3.05, 3.63) is 58.9 Å². The fourth-order valence-corrected chi connectivity index (χ4v) is 2.60. The Labute approximate surface area is 160 Å². The standard InChI is InChI=1S/C17H11ClF4N4O2/c1-2-28-16(27)11-8-24-26(14(11)17(20,21)22)13-5-3-4-12(25-13)10-6-9(18)7-23-15(10)19/h3-8H,2H2,1H3. The fourth-order valence-electron chi connectivity index (χ4n) is 2.45. The van der Waals surface area contributed by atoms with Crippen LogP contribution in [0.15, 0.2) is 36.7 Å². The molecule has 0 radical (unpaired) electrons. The van der Waals surface area contributed by atoms with E-state index in [0.717, 1.165) is 12.4 Å². The molecular weight excluding hydrogens is 404 g/mol. The average molecular weight is 415 g/mol. The van der Waals surface area contributed by atoms with Crippen LogP contribution >= 0.6 is 11.6 Å². The van der Waals surface area contributed by atoms with Gasteiger partial charge in [-0.3, -0.25) is 0 Å². The summed E-state index contributed by atoms with van der Waals surface area (Å²) in [5.41, 5.74) is -2.20. The summed E-state index contributed by atoms with van der Waals surface area (Å²) in [5, 5.41) is 3.76. The molecule has 146 valence electrons. The van der Waals surface area contributed by atoms with Gasteiger partial charge in [0.1, 0.15) is 5.56 Å². The summed E-state index contributed by atoms with van der Waals surface area (Å²) in [5.74, 6) is -2.33. The van der Waals surface area contributed by atoms with Gasteiger partial charge in [-0.1, -0.05) is 17.7 Å². The van der Waals surface area contributed by atoms with Crippen molar-refractivity contribution >= 4 is 17.6 Å². The molecule has 0 bridgehead atoms. The minimum absolute atomic E-state index is 0.00805. The maximum atomic E-state index is 14.0. The molecule has 0 atom stereocenters. The van der Waals surface area contributed by atoms with Crippen molar-refractivity contribution in [1.29, 1.82) is 0 Å². The topological polar surface area (TPSA) is 69.9 Å². The normalized spacial score (nSPS) is 11.5. The molecule has 0 fully saturated rings. The molecule has 0 amide bonds. The molecule has 3 heterocycles. The minimum Gasteiger partial charge on any atom is -0.462 e. The van der Waals surface area contributed by atoms with Gasteiger partial charge in [0.15, 0.2) is 11.5 Å². The van der Waals surface area contributed by atoms with E-state index >= 15 is 0 Å². The van der Waals surface area contributed by atoms with E-state index in [4.69, 9.17) is 11.6 Å². The van der Waals surface area contributed by atoms with Crippen LogP contribution in [0.1, 0.15) is 23.0 Å². The van der Waals surface area contributed by atoms with Gasteiger partial charge in [0.05, 0.1) is 29.1 Å². The van der Waals surface area contributed by atoms with E-state index < -0.39 is 29.4 Å². The maximum Gasteiger partial charge on any atom is 0.434 e. The van der Waals surface area contributed by atoms with Crippen molar-refractivity contribution in [3.8, 4) is 17.1 Å². The summed E-state index contributed by atoms with van der Waals surface area (Å²) in [6.07, 6.45) is -3.08. The summed E-state index contributed by atoms with van der Waals surface area (Å²) in [7, 11) is 0. The highest BCUT2D eigenvalue weighted by atomic mass is 35.5. The van der Waals surface area contributed by atoms with E-state index in [-0.39, 0.29) is 28.7 Å². The van der Waals surface area contributed by atoms with E-state index in [9.17, 15) is 22.4 Å². The smallest absolute Gasteiger partial charge is 0.434 e. The van der Waals surface area contributed by atoms with Gasteiger partial charge in [0.25, 0.3) is 0 Å². The van der Waals surface area contributed by atoms with Gasteiger partial charge in [0, 0.05) is 6.20 Å². The molecular formula is C17H11ClF4N4O2. The van der Waals surface area contributed by atoms with Crippen molar-refractivity contribution in [1.82, 2.24) is 19.7 Å². The lowest BCUT2D eigenvalue weighted by Crippen LogP contribution is -2.19. The van der Waals surface area contributed by atoms with Crippen molar-refractivity contribution in [2.45, 2.75) is 13.1 Å². The first kappa shape index (κ1) is 19.7. The minimum atomic E-state index is -4.92. The Morgan fingerprint density at radius 3 is 2.71 bits per heavy atom. The van der Waals surface area contributed by atoms with Crippen molar-refractivity contribution < 1.29 is 27.1 Å². The first-order chi connectivity index (χ1) is 13.2. The fraction of sp³-hybridized carbons (Fsp3) is 0.176. The second-order valence-electron chi connectivity index (χ2n) is 5.41. The summed E-state index contributed by atoms with van der Waals surface area (Å²) in [6.45, 7) is 1.37. The number of carbonyl (C=O) groups is 1. The number of ether oxygens (including phenoxy) is 1. The van der Waals surface area contributed by atoms with Gasteiger partial charge >= 0.3 is 12.1 Å². The molecule has 0 spiro atoms. The zero-order valence-corrected chi connectivity index (χ0v) is 14.9. The Balaban J connectivity index is 2.15. The lowest BCUT2D eigenvalue weighted by molar-refractivity contribution is -0.143. The van der Waals surface area contributed by atoms with Crippen LogP contribution < -0.4 is 0 Å². The predicted molar refractivity (Wildman–Crippen MR) is 90.5 cm³/mol.